The molecule has 2 aliphatic rings. The molecule has 8 heteroatoms. The highest BCUT2D eigenvalue weighted by molar-refractivity contribution is 5.95. The van der Waals surface area contributed by atoms with Gasteiger partial charge in [0.15, 0.2) is 0 Å². The van der Waals surface area contributed by atoms with Gasteiger partial charge in [0.2, 0.25) is 5.43 Å². The van der Waals surface area contributed by atoms with Crippen LogP contribution in [0.5, 0.6) is 0 Å². The van der Waals surface area contributed by atoms with Crippen molar-refractivity contribution in [2.45, 2.75) is 45.4 Å². The predicted octanol–water partition coefficient (Wildman–Crippen LogP) is 2.85. The van der Waals surface area contributed by atoms with E-state index in [2.05, 4.69) is 13.8 Å². The molecule has 2 fully saturated rings. The minimum atomic E-state index is -1.41. The van der Waals surface area contributed by atoms with Crippen LogP contribution in [0.15, 0.2) is 17.1 Å². The summed E-state index contributed by atoms with van der Waals surface area (Å²) in [6.07, 6.45) is 0.326. The standard InChI is InChI=1S/C21H25F2N3O3/c1-9(2)12-6-25(8-16(12)24)19-10(3)18-11(4-15(19)23)20(27)13(21(28)29)7-26(18)17-5-14(17)22/h4,7,9,12,14,16-17H,5-6,8,24H2,1-3H3,(H,28,29)/t12-,14+,16-,17-/m1/s1. The van der Waals surface area contributed by atoms with E-state index < -0.39 is 35.0 Å². The summed E-state index contributed by atoms with van der Waals surface area (Å²) in [6.45, 7) is 6.93. The predicted molar refractivity (Wildman–Crippen MR) is 107 cm³/mol. The highest BCUT2D eigenvalue weighted by Crippen LogP contribution is 2.43. The number of carboxylic acid groups (broad SMARTS) is 1. The van der Waals surface area contributed by atoms with E-state index in [4.69, 9.17) is 5.73 Å². The molecule has 4 atom stereocenters. The van der Waals surface area contributed by atoms with Crippen LogP contribution in [-0.2, 0) is 0 Å². The van der Waals surface area contributed by atoms with Gasteiger partial charge in [-0.05, 0) is 30.4 Å². The Balaban J connectivity index is 1.94. The normalized spacial score (nSPS) is 26.5. The maximum absolute atomic E-state index is 15.2. The fourth-order valence-corrected chi connectivity index (χ4v) is 4.65. The molecule has 1 aliphatic heterocycles. The first-order valence-electron chi connectivity index (χ1n) is 9.87. The largest absolute Gasteiger partial charge is 0.477 e. The van der Waals surface area contributed by atoms with Gasteiger partial charge in [0, 0.05) is 37.1 Å². The summed E-state index contributed by atoms with van der Waals surface area (Å²) in [7, 11) is 0. The number of carbonyl (C=O) groups is 1. The maximum atomic E-state index is 15.2. The van der Waals surface area contributed by atoms with Crippen LogP contribution in [0.25, 0.3) is 10.9 Å². The number of carboxylic acids is 1. The fraction of sp³-hybridized carbons (Fsp3) is 0.524. The Kier molecular flexibility index (Phi) is 4.64. The van der Waals surface area contributed by atoms with Gasteiger partial charge in [0.25, 0.3) is 0 Å². The number of alkyl halides is 1. The molecule has 0 amide bonds. The SMILES string of the molecule is Cc1c(N2C[C@@H](N)[C@@H](C(C)C)C2)c(F)cc2c(=O)c(C(=O)O)cn([C@@H]3C[C@@H]3F)c12. The second-order valence-electron chi connectivity index (χ2n) is 8.61. The van der Waals surface area contributed by atoms with E-state index >= 15 is 4.39 Å². The smallest absolute Gasteiger partial charge is 0.341 e. The second-order valence-corrected chi connectivity index (χ2v) is 8.61. The third kappa shape index (κ3) is 3.10. The zero-order chi connectivity index (χ0) is 21.2. The van der Waals surface area contributed by atoms with Crippen molar-refractivity contribution in [2.75, 3.05) is 18.0 Å². The van der Waals surface area contributed by atoms with E-state index in [0.717, 1.165) is 6.07 Å². The molecule has 0 spiro atoms. The van der Waals surface area contributed by atoms with E-state index in [9.17, 15) is 19.1 Å². The molecular formula is C21H25F2N3O3. The molecule has 0 unspecified atom stereocenters. The number of anilines is 1. The lowest BCUT2D eigenvalue weighted by Gasteiger charge is -2.25. The summed E-state index contributed by atoms with van der Waals surface area (Å²) in [5, 5.41) is 9.34. The van der Waals surface area contributed by atoms with E-state index in [0.29, 0.717) is 35.8 Å². The maximum Gasteiger partial charge on any atom is 0.341 e. The summed E-state index contributed by atoms with van der Waals surface area (Å²) < 4.78 is 30.6. The third-order valence-electron chi connectivity index (χ3n) is 6.33. The molecule has 29 heavy (non-hydrogen) atoms. The molecule has 2 aromatic rings. The molecule has 4 rings (SSSR count). The van der Waals surface area contributed by atoms with Gasteiger partial charge in [-0.3, -0.25) is 4.79 Å². The zero-order valence-corrected chi connectivity index (χ0v) is 16.7. The fourth-order valence-electron chi connectivity index (χ4n) is 4.65. The topological polar surface area (TPSA) is 88.6 Å². The molecule has 0 radical (unpaired) electrons. The van der Waals surface area contributed by atoms with Crippen molar-refractivity contribution in [1.82, 2.24) is 4.57 Å². The number of nitrogens with zero attached hydrogens (tertiary/aromatic N) is 2. The zero-order valence-electron chi connectivity index (χ0n) is 16.7. The molecule has 1 saturated heterocycles. The molecule has 6 nitrogen and oxygen atoms in total. The number of aryl methyl sites for hydroxylation is 1. The molecular weight excluding hydrogens is 380 g/mol. The number of halogens is 2. The quantitative estimate of drug-likeness (QED) is 0.817. The van der Waals surface area contributed by atoms with Crippen LogP contribution in [0.2, 0.25) is 0 Å². The Morgan fingerprint density at radius 2 is 2.00 bits per heavy atom. The third-order valence-corrected chi connectivity index (χ3v) is 6.33. The number of hydrogen-bond acceptors (Lipinski definition) is 4. The van der Waals surface area contributed by atoms with Crippen LogP contribution in [-0.4, -0.2) is 40.9 Å². The van der Waals surface area contributed by atoms with Crippen molar-refractivity contribution in [3.05, 3.63) is 39.4 Å². The number of aromatic nitrogens is 1. The molecule has 1 aromatic heterocycles. The van der Waals surface area contributed by atoms with Gasteiger partial charge in [0.1, 0.15) is 17.6 Å². The molecule has 1 aromatic carbocycles. The number of hydrogen-bond donors (Lipinski definition) is 2. The minimum Gasteiger partial charge on any atom is -0.477 e. The number of fused-ring (bicyclic) bond motifs is 1. The Morgan fingerprint density at radius 3 is 2.52 bits per heavy atom. The van der Waals surface area contributed by atoms with Gasteiger partial charge in [-0.15, -0.1) is 0 Å². The first-order valence-corrected chi connectivity index (χ1v) is 9.87. The summed E-state index contributed by atoms with van der Waals surface area (Å²) in [5.74, 6) is -1.45. The van der Waals surface area contributed by atoms with E-state index in [-0.39, 0.29) is 23.8 Å². The van der Waals surface area contributed by atoms with E-state index in [1.54, 1.807) is 6.92 Å². The number of nitrogens with two attached hydrogens (primary N) is 1. The summed E-state index contributed by atoms with van der Waals surface area (Å²) in [4.78, 5) is 26.1. The molecule has 156 valence electrons. The van der Waals surface area contributed by atoms with Crippen molar-refractivity contribution in [1.29, 1.82) is 0 Å². The molecule has 2 heterocycles. The van der Waals surface area contributed by atoms with Gasteiger partial charge in [0.05, 0.1) is 17.2 Å². The lowest BCUT2D eigenvalue weighted by molar-refractivity contribution is 0.0694. The average Bonchev–Trinajstić information content (AvgIpc) is 3.22. The first-order chi connectivity index (χ1) is 13.6. The Hall–Kier alpha value is -2.48. The highest BCUT2D eigenvalue weighted by Gasteiger charge is 2.41. The van der Waals surface area contributed by atoms with Gasteiger partial charge >= 0.3 is 5.97 Å². The van der Waals surface area contributed by atoms with Crippen LogP contribution >= 0.6 is 0 Å². The molecule has 1 aliphatic carbocycles. The van der Waals surface area contributed by atoms with Crippen LogP contribution in [0.1, 0.15) is 42.2 Å². The van der Waals surface area contributed by atoms with Crippen LogP contribution in [0, 0.1) is 24.6 Å². The summed E-state index contributed by atoms with van der Waals surface area (Å²) in [5.41, 5.74) is 6.28. The second kappa shape index (κ2) is 6.79. The lowest BCUT2D eigenvalue weighted by atomic mass is 9.92. The lowest BCUT2D eigenvalue weighted by Crippen LogP contribution is -2.32. The van der Waals surface area contributed by atoms with Gasteiger partial charge in [-0.2, -0.15) is 0 Å². The van der Waals surface area contributed by atoms with Crippen molar-refractivity contribution >= 4 is 22.6 Å². The number of pyridine rings is 1. The molecule has 0 bridgehead atoms. The van der Waals surface area contributed by atoms with Crippen LogP contribution in [0.4, 0.5) is 14.5 Å². The first kappa shape index (κ1) is 19.8. The van der Waals surface area contributed by atoms with Gasteiger partial charge < -0.3 is 20.3 Å². The van der Waals surface area contributed by atoms with Crippen LogP contribution in [0.3, 0.4) is 0 Å². The Morgan fingerprint density at radius 1 is 1.34 bits per heavy atom. The Labute approximate surface area is 166 Å². The van der Waals surface area contributed by atoms with E-state index in [1.165, 1.54) is 10.8 Å². The van der Waals surface area contributed by atoms with Crippen LogP contribution < -0.4 is 16.1 Å². The Bertz CT molecular complexity index is 1070. The number of rotatable bonds is 4. The molecule has 3 N–H and O–H groups in total. The van der Waals surface area contributed by atoms with Crippen molar-refractivity contribution in [3.63, 3.8) is 0 Å². The van der Waals surface area contributed by atoms with Crippen molar-refractivity contribution in [2.24, 2.45) is 17.6 Å². The number of benzene rings is 1. The van der Waals surface area contributed by atoms with Crippen molar-refractivity contribution in [3.8, 4) is 0 Å². The summed E-state index contributed by atoms with van der Waals surface area (Å²) >= 11 is 0. The molecule has 1 saturated carbocycles. The highest BCUT2D eigenvalue weighted by atomic mass is 19.1. The van der Waals surface area contributed by atoms with Gasteiger partial charge in [-0.25, -0.2) is 13.6 Å². The van der Waals surface area contributed by atoms with Crippen molar-refractivity contribution < 1.29 is 18.7 Å². The minimum absolute atomic E-state index is 0.0355. The van der Waals surface area contributed by atoms with E-state index in [1.807, 2.05) is 4.90 Å². The summed E-state index contributed by atoms with van der Waals surface area (Å²) in [6, 6.07) is 0.449. The number of aromatic carboxylic acids is 1. The average molecular weight is 405 g/mol. The monoisotopic (exact) mass is 405 g/mol. The van der Waals surface area contributed by atoms with Gasteiger partial charge in [-0.1, -0.05) is 13.8 Å².